The van der Waals surface area contributed by atoms with Gasteiger partial charge in [-0.1, -0.05) is 0 Å². The van der Waals surface area contributed by atoms with Gasteiger partial charge in [0.05, 0.1) is 0 Å². The zero-order valence-electron chi connectivity index (χ0n) is 10.3. The van der Waals surface area contributed by atoms with Crippen LogP contribution in [-0.4, -0.2) is 45.2 Å². The molecule has 7 nitrogen and oxygen atoms in total. The molecular weight excluding hydrogens is 250 g/mol. The van der Waals surface area contributed by atoms with Crippen molar-refractivity contribution >= 4 is 11.9 Å². The van der Waals surface area contributed by atoms with Crippen LogP contribution >= 0.6 is 0 Å². The lowest BCUT2D eigenvalue weighted by atomic mass is 10.0. The van der Waals surface area contributed by atoms with E-state index in [2.05, 4.69) is 10.2 Å². The molecule has 0 aromatic carbocycles. The lowest BCUT2D eigenvalue weighted by Crippen LogP contribution is -2.30. The lowest BCUT2D eigenvalue weighted by molar-refractivity contribution is -0.137. The fourth-order valence-electron chi connectivity index (χ4n) is 2.21. The summed E-state index contributed by atoms with van der Waals surface area (Å²) in [5.74, 6) is -0.816. The minimum atomic E-state index is -0.813. The van der Waals surface area contributed by atoms with E-state index in [1.807, 2.05) is 0 Å². The lowest BCUT2D eigenvalue weighted by Gasteiger charge is -2.15. The molecule has 2 heterocycles. The van der Waals surface area contributed by atoms with Gasteiger partial charge in [-0.15, -0.1) is 0 Å². The van der Waals surface area contributed by atoms with Crippen LogP contribution in [-0.2, 0) is 4.79 Å². The van der Waals surface area contributed by atoms with Gasteiger partial charge in [0.2, 0.25) is 0 Å². The smallest absolute Gasteiger partial charge is 0.303 e. The number of rotatable bonds is 4. The Balaban J connectivity index is 1.93. The predicted molar refractivity (Wildman–Crippen MR) is 65.7 cm³/mol. The highest BCUT2D eigenvalue weighted by Crippen LogP contribution is 2.22. The van der Waals surface area contributed by atoms with Gasteiger partial charge in [-0.3, -0.25) is 14.4 Å². The maximum Gasteiger partial charge on any atom is 0.303 e. The van der Waals surface area contributed by atoms with Gasteiger partial charge in [-0.2, -0.15) is 5.10 Å². The third kappa shape index (κ3) is 3.40. The van der Waals surface area contributed by atoms with E-state index < -0.39 is 5.97 Å². The van der Waals surface area contributed by atoms with Crippen LogP contribution in [0.1, 0.15) is 29.8 Å². The number of nitrogens with zero attached hydrogens (tertiary/aromatic N) is 2. The molecule has 0 bridgehead atoms. The molecule has 1 fully saturated rings. The molecule has 7 heteroatoms. The van der Waals surface area contributed by atoms with Crippen molar-refractivity contribution in [3.63, 3.8) is 0 Å². The third-order valence-corrected chi connectivity index (χ3v) is 3.24. The number of carbonyl (C=O) groups is 2. The highest BCUT2D eigenvalue weighted by molar-refractivity contribution is 5.92. The second-order valence-electron chi connectivity index (χ2n) is 4.64. The Bertz CT molecular complexity index is 520. The topological polar surface area (TPSA) is 103 Å². The Morgan fingerprint density at radius 1 is 1.47 bits per heavy atom. The summed E-state index contributed by atoms with van der Waals surface area (Å²) in [4.78, 5) is 35.1. The van der Waals surface area contributed by atoms with Crippen molar-refractivity contribution < 1.29 is 14.7 Å². The molecule has 102 valence electrons. The van der Waals surface area contributed by atoms with E-state index in [-0.39, 0.29) is 29.5 Å². The van der Waals surface area contributed by atoms with Crippen LogP contribution in [0.2, 0.25) is 0 Å². The molecule has 19 heavy (non-hydrogen) atoms. The molecule has 1 saturated heterocycles. The van der Waals surface area contributed by atoms with Crippen molar-refractivity contribution in [3.8, 4) is 0 Å². The van der Waals surface area contributed by atoms with Gasteiger partial charge in [0.25, 0.3) is 11.5 Å². The summed E-state index contributed by atoms with van der Waals surface area (Å²) in [6.45, 7) is 1.15. The summed E-state index contributed by atoms with van der Waals surface area (Å²) in [6.07, 6.45) is 1.52. The number of aliphatic carboxylic acids is 1. The first-order valence-corrected chi connectivity index (χ1v) is 6.13. The molecule has 1 unspecified atom stereocenters. The Labute approximate surface area is 109 Å². The number of nitrogens with one attached hydrogen (secondary N) is 1. The summed E-state index contributed by atoms with van der Waals surface area (Å²) in [6, 6.07) is 2.66. The van der Waals surface area contributed by atoms with Gasteiger partial charge in [0.15, 0.2) is 0 Å². The zero-order valence-corrected chi connectivity index (χ0v) is 10.3. The van der Waals surface area contributed by atoms with Gasteiger partial charge < -0.3 is 10.0 Å². The van der Waals surface area contributed by atoms with Crippen molar-refractivity contribution in [2.45, 2.75) is 19.3 Å². The Hall–Kier alpha value is -2.18. The summed E-state index contributed by atoms with van der Waals surface area (Å²) < 4.78 is 0. The molecule has 1 amide bonds. The summed E-state index contributed by atoms with van der Waals surface area (Å²) in [5.41, 5.74) is -0.143. The van der Waals surface area contributed by atoms with Crippen LogP contribution in [0.25, 0.3) is 0 Å². The first kappa shape index (κ1) is 13.3. The van der Waals surface area contributed by atoms with E-state index in [9.17, 15) is 14.4 Å². The molecule has 1 atom stereocenters. The molecule has 0 saturated carbocycles. The first-order valence-electron chi connectivity index (χ1n) is 6.13. The van der Waals surface area contributed by atoms with E-state index in [1.54, 1.807) is 4.90 Å². The standard InChI is InChI=1S/C12H15N3O4/c16-10-3-2-9(13-14-10)12(19)15-6-5-8(7-15)1-4-11(17)18/h2-3,8H,1,4-7H2,(H,14,16)(H,17,18). The monoisotopic (exact) mass is 265 g/mol. The van der Waals surface area contributed by atoms with E-state index in [0.717, 1.165) is 6.42 Å². The van der Waals surface area contributed by atoms with Crippen molar-refractivity contribution in [1.29, 1.82) is 0 Å². The Morgan fingerprint density at radius 2 is 2.26 bits per heavy atom. The number of aromatic amines is 1. The maximum atomic E-state index is 12.1. The number of hydrogen-bond donors (Lipinski definition) is 2. The molecular formula is C12H15N3O4. The van der Waals surface area contributed by atoms with Gasteiger partial charge in [-0.25, -0.2) is 5.10 Å². The van der Waals surface area contributed by atoms with Crippen LogP contribution in [0.15, 0.2) is 16.9 Å². The number of aromatic nitrogens is 2. The van der Waals surface area contributed by atoms with E-state index in [4.69, 9.17) is 5.11 Å². The van der Waals surface area contributed by atoms with Crippen LogP contribution in [0.4, 0.5) is 0 Å². The van der Waals surface area contributed by atoms with Crippen molar-refractivity contribution in [3.05, 3.63) is 28.2 Å². The molecule has 1 aromatic heterocycles. The van der Waals surface area contributed by atoms with Crippen molar-refractivity contribution in [2.24, 2.45) is 5.92 Å². The van der Waals surface area contributed by atoms with Gasteiger partial charge >= 0.3 is 5.97 Å². The molecule has 1 aliphatic rings. The van der Waals surface area contributed by atoms with Crippen molar-refractivity contribution in [2.75, 3.05) is 13.1 Å². The fourth-order valence-corrected chi connectivity index (χ4v) is 2.21. The SMILES string of the molecule is O=C(O)CCC1CCN(C(=O)c2ccc(=O)[nH]n2)C1. The molecule has 0 aliphatic carbocycles. The van der Waals surface area contributed by atoms with E-state index in [0.29, 0.717) is 19.5 Å². The van der Waals surface area contributed by atoms with Crippen LogP contribution in [0, 0.1) is 5.92 Å². The average Bonchev–Trinajstić information content (AvgIpc) is 2.85. The summed E-state index contributed by atoms with van der Waals surface area (Å²) >= 11 is 0. The normalized spacial score (nSPS) is 18.5. The number of amides is 1. The Kier molecular flexibility index (Phi) is 3.94. The second-order valence-corrected chi connectivity index (χ2v) is 4.64. The maximum absolute atomic E-state index is 12.1. The minimum Gasteiger partial charge on any atom is -0.481 e. The number of H-pyrrole nitrogens is 1. The number of hydrogen-bond acceptors (Lipinski definition) is 4. The predicted octanol–water partition coefficient (Wildman–Crippen LogP) is 0.0968. The summed E-state index contributed by atoms with van der Waals surface area (Å²) in [7, 11) is 0. The highest BCUT2D eigenvalue weighted by atomic mass is 16.4. The Morgan fingerprint density at radius 3 is 2.89 bits per heavy atom. The van der Waals surface area contributed by atoms with E-state index in [1.165, 1.54) is 12.1 Å². The van der Waals surface area contributed by atoms with Gasteiger partial charge in [0, 0.05) is 25.6 Å². The van der Waals surface area contributed by atoms with Crippen LogP contribution in [0.3, 0.4) is 0 Å². The number of carbonyl (C=O) groups excluding carboxylic acids is 1. The quantitative estimate of drug-likeness (QED) is 0.803. The van der Waals surface area contributed by atoms with E-state index >= 15 is 0 Å². The minimum absolute atomic E-state index is 0.129. The molecule has 1 aliphatic heterocycles. The van der Waals surface area contributed by atoms with Crippen molar-refractivity contribution in [1.82, 2.24) is 15.1 Å². The third-order valence-electron chi connectivity index (χ3n) is 3.24. The molecule has 2 N–H and O–H groups in total. The van der Waals surface area contributed by atoms with Gasteiger partial charge in [0.1, 0.15) is 5.69 Å². The fraction of sp³-hybridized carbons (Fsp3) is 0.500. The first-order chi connectivity index (χ1) is 9.06. The number of likely N-dealkylation sites (tertiary alicyclic amines) is 1. The summed E-state index contributed by atoms with van der Waals surface area (Å²) in [5, 5.41) is 14.6. The largest absolute Gasteiger partial charge is 0.481 e. The highest BCUT2D eigenvalue weighted by Gasteiger charge is 2.27. The zero-order chi connectivity index (χ0) is 13.8. The number of carboxylic acids is 1. The molecule has 2 rings (SSSR count). The number of carboxylic acid groups (broad SMARTS) is 1. The molecule has 0 radical (unpaired) electrons. The van der Waals surface area contributed by atoms with Gasteiger partial charge in [-0.05, 0) is 24.8 Å². The molecule has 0 spiro atoms. The second kappa shape index (κ2) is 5.64. The average molecular weight is 265 g/mol. The molecule has 1 aromatic rings. The van der Waals surface area contributed by atoms with Crippen LogP contribution < -0.4 is 5.56 Å². The van der Waals surface area contributed by atoms with Crippen LogP contribution in [0.5, 0.6) is 0 Å².